The van der Waals surface area contributed by atoms with E-state index in [0.717, 1.165) is 0 Å². The number of rotatable bonds is 2. The van der Waals surface area contributed by atoms with E-state index in [0.29, 0.717) is 0 Å². The van der Waals surface area contributed by atoms with Crippen LogP contribution in [0.1, 0.15) is 18.0 Å². The lowest BCUT2D eigenvalue weighted by Crippen LogP contribution is -2.20. The molecule has 1 nitrogen and oxygen atoms in total. The van der Waals surface area contributed by atoms with Gasteiger partial charge < -0.3 is 5.73 Å². The van der Waals surface area contributed by atoms with E-state index >= 15 is 0 Å². The van der Waals surface area contributed by atoms with E-state index < -0.39 is 18.6 Å². The number of halogens is 7. The Kier molecular flexibility index (Phi) is 6.39. The lowest BCUT2D eigenvalue weighted by atomic mass is 10.0. The van der Waals surface area contributed by atoms with Gasteiger partial charge in [0, 0.05) is 16.6 Å². The van der Waals surface area contributed by atoms with Crippen LogP contribution in [0.4, 0.5) is 13.2 Å². The van der Waals surface area contributed by atoms with E-state index in [1.807, 2.05) is 0 Å². The van der Waals surface area contributed by atoms with Crippen molar-refractivity contribution in [3.8, 4) is 0 Å². The molecule has 0 fully saturated rings. The Balaban J connectivity index is 0.00000256. The maximum absolute atomic E-state index is 12.2. The van der Waals surface area contributed by atoms with Gasteiger partial charge in [0.2, 0.25) is 0 Å². The fourth-order valence-corrected chi connectivity index (χ4v) is 2.05. The Bertz CT molecular complexity index is 395. The van der Waals surface area contributed by atoms with Gasteiger partial charge in [0.25, 0.3) is 0 Å². The van der Waals surface area contributed by atoms with Crippen molar-refractivity contribution in [2.45, 2.75) is 18.6 Å². The average molecular weight is 329 g/mol. The summed E-state index contributed by atoms with van der Waals surface area (Å²) in [6, 6.07) is 1.44. The molecule has 0 radical (unpaired) electrons. The first-order valence-electron chi connectivity index (χ1n) is 4.18. The number of nitrogens with two attached hydrogens (primary N) is 1. The molecule has 0 saturated carbocycles. The highest BCUT2D eigenvalue weighted by Gasteiger charge is 2.32. The van der Waals surface area contributed by atoms with Crippen molar-refractivity contribution >= 4 is 47.2 Å². The zero-order valence-electron chi connectivity index (χ0n) is 8.19. The third-order valence-electron chi connectivity index (χ3n) is 1.90. The third kappa shape index (κ3) is 4.72. The quantitative estimate of drug-likeness (QED) is 0.758. The number of hydrogen-bond donors (Lipinski definition) is 1. The topological polar surface area (TPSA) is 26.0 Å². The van der Waals surface area contributed by atoms with Gasteiger partial charge in [0.1, 0.15) is 0 Å². The second-order valence-corrected chi connectivity index (χ2v) is 4.38. The van der Waals surface area contributed by atoms with Crippen LogP contribution in [0.25, 0.3) is 0 Å². The van der Waals surface area contributed by atoms with Crippen molar-refractivity contribution in [1.82, 2.24) is 0 Å². The summed E-state index contributed by atoms with van der Waals surface area (Å²) in [5.74, 6) is 0. The number of benzene rings is 1. The van der Waals surface area contributed by atoms with Crippen LogP contribution in [0.5, 0.6) is 0 Å². The molecule has 1 aromatic rings. The first-order valence-corrected chi connectivity index (χ1v) is 5.31. The summed E-state index contributed by atoms with van der Waals surface area (Å²) in [4.78, 5) is 0. The summed E-state index contributed by atoms with van der Waals surface area (Å²) >= 11 is 17.2. The van der Waals surface area contributed by atoms with Crippen LogP contribution in [0.15, 0.2) is 12.1 Å². The van der Waals surface area contributed by atoms with Crippen LogP contribution in [0, 0.1) is 0 Å². The van der Waals surface area contributed by atoms with Crippen molar-refractivity contribution < 1.29 is 13.2 Å². The van der Waals surface area contributed by atoms with Crippen molar-refractivity contribution in [3.63, 3.8) is 0 Å². The maximum Gasteiger partial charge on any atom is 0.390 e. The smallest absolute Gasteiger partial charge is 0.324 e. The van der Waals surface area contributed by atoms with Gasteiger partial charge in [-0.25, -0.2) is 0 Å². The minimum atomic E-state index is -4.38. The van der Waals surface area contributed by atoms with Crippen LogP contribution in [-0.2, 0) is 0 Å². The zero-order chi connectivity index (χ0) is 12.5. The molecule has 1 rings (SSSR count). The van der Waals surface area contributed by atoms with Crippen molar-refractivity contribution in [1.29, 1.82) is 0 Å². The standard InChI is InChI=1S/C9H7Cl3F3N.ClH/c10-4-1-2-5(11)8(12)7(4)6(16)3-9(13,14)15;/h1-2,6H,3,16H2;1H/t6-;/m1./s1. The van der Waals surface area contributed by atoms with Gasteiger partial charge in [0.15, 0.2) is 0 Å². The fourth-order valence-electron chi connectivity index (χ4n) is 1.23. The lowest BCUT2D eigenvalue weighted by molar-refractivity contribution is -0.138. The van der Waals surface area contributed by atoms with Crippen LogP contribution in [0.3, 0.4) is 0 Å². The molecule has 98 valence electrons. The Morgan fingerprint density at radius 1 is 1.12 bits per heavy atom. The predicted octanol–water partition coefficient (Wildman–Crippen LogP) is 5.02. The van der Waals surface area contributed by atoms with Crippen LogP contribution >= 0.6 is 47.2 Å². The molecule has 0 saturated heterocycles. The lowest BCUT2D eigenvalue weighted by Gasteiger charge is -2.17. The minimum absolute atomic E-state index is 0. The van der Waals surface area contributed by atoms with E-state index in [1.165, 1.54) is 12.1 Å². The summed E-state index contributed by atoms with van der Waals surface area (Å²) in [6.45, 7) is 0. The molecule has 0 amide bonds. The van der Waals surface area contributed by atoms with Gasteiger partial charge in [-0.3, -0.25) is 0 Å². The van der Waals surface area contributed by atoms with Gasteiger partial charge in [0.05, 0.1) is 16.5 Å². The minimum Gasteiger partial charge on any atom is -0.324 e. The normalized spacial score (nSPS) is 13.1. The molecule has 0 heterocycles. The van der Waals surface area contributed by atoms with Gasteiger partial charge in [-0.05, 0) is 12.1 Å². The summed E-state index contributed by atoms with van der Waals surface area (Å²) < 4.78 is 36.5. The van der Waals surface area contributed by atoms with Crippen LogP contribution in [0.2, 0.25) is 15.1 Å². The van der Waals surface area contributed by atoms with Gasteiger partial charge >= 0.3 is 6.18 Å². The van der Waals surface area contributed by atoms with Gasteiger partial charge in [-0.15, -0.1) is 12.4 Å². The summed E-state index contributed by atoms with van der Waals surface area (Å²) in [7, 11) is 0. The van der Waals surface area contributed by atoms with E-state index in [-0.39, 0.29) is 33.0 Å². The Labute approximate surface area is 117 Å². The highest BCUT2D eigenvalue weighted by molar-refractivity contribution is 6.44. The first kappa shape index (κ1) is 17.1. The molecule has 0 aliphatic heterocycles. The molecule has 1 atom stereocenters. The zero-order valence-corrected chi connectivity index (χ0v) is 11.3. The Morgan fingerprint density at radius 3 is 2.06 bits per heavy atom. The monoisotopic (exact) mass is 327 g/mol. The molecule has 0 bridgehead atoms. The second kappa shape index (κ2) is 6.34. The van der Waals surface area contributed by atoms with Gasteiger partial charge in [-0.1, -0.05) is 34.8 Å². The summed E-state index contributed by atoms with van der Waals surface area (Å²) in [6.07, 6.45) is -5.58. The Morgan fingerprint density at radius 2 is 1.59 bits per heavy atom. The molecule has 0 aliphatic rings. The highest BCUT2D eigenvalue weighted by Crippen LogP contribution is 2.38. The molecule has 8 heteroatoms. The largest absolute Gasteiger partial charge is 0.390 e. The molecule has 0 unspecified atom stereocenters. The summed E-state index contributed by atoms with van der Waals surface area (Å²) in [5, 5.41) is 0.163. The number of alkyl halides is 3. The predicted molar refractivity (Wildman–Crippen MR) is 66.3 cm³/mol. The van der Waals surface area contributed by atoms with Crippen molar-refractivity contribution in [2.75, 3.05) is 0 Å². The first-order chi connectivity index (χ1) is 7.22. The van der Waals surface area contributed by atoms with E-state index in [9.17, 15) is 13.2 Å². The molecular weight excluding hydrogens is 321 g/mol. The van der Waals surface area contributed by atoms with Crippen molar-refractivity contribution in [2.24, 2.45) is 5.73 Å². The van der Waals surface area contributed by atoms with E-state index in [1.54, 1.807) is 0 Å². The fraction of sp³-hybridized carbons (Fsp3) is 0.333. The third-order valence-corrected chi connectivity index (χ3v) is 3.05. The molecule has 0 aliphatic carbocycles. The molecule has 2 N–H and O–H groups in total. The van der Waals surface area contributed by atoms with Crippen LogP contribution in [-0.4, -0.2) is 6.18 Å². The summed E-state index contributed by atoms with van der Waals surface area (Å²) in [5.41, 5.74) is 5.43. The molecule has 17 heavy (non-hydrogen) atoms. The van der Waals surface area contributed by atoms with Gasteiger partial charge in [-0.2, -0.15) is 13.2 Å². The molecular formula is C9H8Cl4F3N. The molecule has 0 aromatic heterocycles. The second-order valence-electron chi connectivity index (χ2n) is 3.18. The SMILES string of the molecule is Cl.N[C@H](CC(F)(F)F)c1c(Cl)ccc(Cl)c1Cl. The van der Waals surface area contributed by atoms with E-state index in [4.69, 9.17) is 40.5 Å². The average Bonchev–Trinajstić information content (AvgIpc) is 2.09. The highest BCUT2D eigenvalue weighted by atomic mass is 35.5. The number of hydrogen-bond acceptors (Lipinski definition) is 1. The van der Waals surface area contributed by atoms with Crippen molar-refractivity contribution in [3.05, 3.63) is 32.8 Å². The van der Waals surface area contributed by atoms with E-state index in [2.05, 4.69) is 0 Å². The molecule has 0 spiro atoms. The Hall–Kier alpha value is 0.130. The molecule has 1 aromatic carbocycles. The maximum atomic E-state index is 12.2. The van der Waals surface area contributed by atoms with Crippen LogP contribution < -0.4 is 5.73 Å².